The van der Waals surface area contributed by atoms with Gasteiger partial charge in [-0.15, -0.1) is 0 Å². The van der Waals surface area contributed by atoms with Crippen LogP contribution >= 0.6 is 15.9 Å². The number of halogens is 1. The van der Waals surface area contributed by atoms with Crippen LogP contribution < -0.4 is 14.8 Å². The van der Waals surface area contributed by atoms with Crippen LogP contribution in [0, 0.1) is 0 Å². The summed E-state index contributed by atoms with van der Waals surface area (Å²) in [5.41, 5.74) is 2.99. The molecule has 1 aliphatic heterocycles. The van der Waals surface area contributed by atoms with Crippen molar-refractivity contribution in [1.82, 2.24) is 10.2 Å². The fraction of sp³-hybridized carbons (Fsp3) is 0.409. The third-order valence-corrected chi connectivity index (χ3v) is 5.33. The Morgan fingerprint density at radius 3 is 2.29 bits per heavy atom. The molecule has 28 heavy (non-hydrogen) atoms. The summed E-state index contributed by atoms with van der Waals surface area (Å²) >= 11 is 3.50. The molecule has 0 aromatic heterocycles. The van der Waals surface area contributed by atoms with Crippen LogP contribution in [-0.4, -0.2) is 37.2 Å². The minimum atomic E-state index is -0.306. The zero-order chi connectivity index (χ0) is 20.5. The Morgan fingerprint density at radius 2 is 1.71 bits per heavy atom. The van der Waals surface area contributed by atoms with E-state index < -0.39 is 0 Å². The highest BCUT2D eigenvalue weighted by Gasteiger charge is 2.34. The van der Waals surface area contributed by atoms with Crippen molar-refractivity contribution in [3.8, 4) is 11.5 Å². The minimum Gasteiger partial charge on any atom is -0.493 e. The molecule has 2 aromatic carbocycles. The molecular weight excluding hydrogens is 420 g/mol. The number of rotatable bonds is 3. The van der Waals surface area contributed by atoms with E-state index in [-0.39, 0.29) is 17.6 Å². The zero-order valence-corrected chi connectivity index (χ0v) is 18.6. The second kappa shape index (κ2) is 8.03. The number of benzene rings is 2. The Balaban J connectivity index is 2.11. The van der Waals surface area contributed by atoms with E-state index in [0.29, 0.717) is 18.0 Å². The second-order valence-corrected chi connectivity index (χ2v) is 8.90. The molecule has 2 amide bonds. The largest absolute Gasteiger partial charge is 0.493 e. The number of methoxy groups -OCH3 is 2. The third-order valence-electron chi connectivity index (χ3n) is 4.80. The molecule has 1 heterocycles. The van der Waals surface area contributed by atoms with Crippen LogP contribution in [0.5, 0.6) is 11.5 Å². The number of amides is 2. The van der Waals surface area contributed by atoms with Gasteiger partial charge in [-0.05, 0) is 68.1 Å². The Morgan fingerprint density at radius 1 is 1.11 bits per heavy atom. The van der Waals surface area contributed by atoms with E-state index in [1.807, 2.05) is 49.9 Å². The number of urea groups is 1. The lowest BCUT2D eigenvalue weighted by atomic mass is 9.87. The second-order valence-electron chi connectivity index (χ2n) is 7.98. The molecule has 5 nitrogen and oxygen atoms in total. The predicted molar refractivity (Wildman–Crippen MR) is 114 cm³/mol. The fourth-order valence-electron chi connectivity index (χ4n) is 3.56. The third kappa shape index (κ3) is 4.27. The summed E-state index contributed by atoms with van der Waals surface area (Å²) in [6.07, 6.45) is 0.764. The molecule has 2 aromatic rings. The van der Waals surface area contributed by atoms with Crippen molar-refractivity contribution in [2.24, 2.45) is 0 Å². The molecule has 0 aliphatic carbocycles. The van der Waals surface area contributed by atoms with Gasteiger partial charge in [0, 0.05) is 16.6 Å². The smallest absolute Gasteiger partial charge is 0.318 e. The van der Waals surface area contributed by atoms with Gasteiger partial charge in [0.2, 0.25) is 0 Å². The normalized spacial score (nSPS) is 16.4. The molecule has 6 heteroatoms. The molecule has 0 spiro atoms. The Labute approximate surface area is 175 Å². The summed E-state index contributed by atoms with van der Waals surface area (Å²) in [5.74, 6) is 1.38. The van der Waals surface area contributed by atoms with Crippen LogP contribution in [0.1, 0.15) is 43.5 Å². The van der Waals surface area contributed by atoms with E-state index in [1.165, 1.54) is 5.56 Å². The lowest BCUT2D eigenvalue weighted by Gasteiger charge is -2.39. The molecule has 0 bridgehead atoms. The molecule has 1 unspecified atom stereocenters. The van der Waals surface area contributed by atoms with Crippen molar-refractivity contribution in [3.05, 3.63) is 57.6 Å². The number of fused-ring (bicyclic) bond motifs is 1. The van der Waals surface area contributed by atoms with Crippen LogP contribution in [0.3, 0.4) is 0 Å². The molecule has 150 valence electrons. The molecule has 0 radical (unpaired) electrons. The number of ether oxygens (including phenoxy) is 2. The van der Waals surface area contributed by atoms with Gasteiger partial charge in [-0.2, -0.15) is 0 Å². The van der Waals surface area contributed by atoms with Gasteiger partial charge in [0.25, 0.3) is 0 Å². The summed E-state index contributed by atoms with van der Waals surface area (Å²) in [7, 11) is 3.27. The van der Waals surface area contributed by atoms with Crippen LogP contribution in [0.4, 0.5) is 4.79 Å². The van der Waals surface area contributed by atoms with Crippen molar-refractivity contribution < 1.29 is 14.3 Å². The predicted octanol–water partition coefficient (Wildman–Crippen LogP) is 4.92. The molecule has 1 N–H and O–H groups in total. The number of nitrogens with zero attached hydrogens (tertiary/aromatic N) is 1. The van der Waals surface area contributed by atoms with Crippen LogP contribution in [0.15, 0.2) is 40.9 Å². The maximum atomic E-state index is 13.1. The van der Waals surface area contributed by atoms with Gasteiger partial charge in [-0.1, -0.05) is 28.1 Å². The van der Waals surface area contributed by atoms with E-state index >= 15 is 0 Å². The first-order valence-corrected chi connectivity index (χ1v) is 10.1. The summed E-state index contributed by atoms with van der Waals surface area (Å²) in [6.45, 7) is 6.60. The topological polar surface area (TPSA) is 50.8 Å². The number of nitrogens with one attached hydrogen (secondary N) is 1. The van der Waals surface area contributed by atoms with Gasteiger partial charge < -0.3 is 19.7 Å². The first-order valence-electron chi connectivity index (χ1n) is 9.32. The van der Waals surface area contributed by atoms with Crippen LogP contribution in [0.2, 0.25) is 0 Å². The van der Waals surface area contributed by atoms with E-state index in [9.17, 15) is 4.79 Å². The lowest BCUT2D eigenvalue weighted by Crippen LogP contribution is -2.51. The molecule has 1 aliphatic rings. The van der Waals surface area contributed by atoms with Gasteiger partial charge in [-0.25, -0.2) is 4.79 Å². The number of carbonyl (C=O) groups excluding carboxylic acids is 1. The molecular formula is C22H27BrN2O3. The SMILES string of the molecule is COc1cc2c(cc1OC)C(c1ccc(Br)cc1)N(C(=O)NC(C)(C)C)CC2. The summed E-state index contributed by atoms with van der Waals surface area (Å²) < 4.78 is 12.0. The first-order chi connectivity index (χ1) is 13.2. The quantitative estimate of drug-likeness (QED) is 0.727. The van der Waals surface area contributed by atoms with Gasteiger partial charge in [0.15, 0.2) is 11.5 Å². The number of hydrogen-bond acceptors (Lipinski definition) is 3. The number of hydrogen-bond donors (Lipinski definition) is 1. The van der Waals surface area contributed by atoms with Crippen molar-refractivity contribution in [2.75, 3.05) is 20.8 Å². The maximum absolute atomic E-state index is 13.1. The molecule has 0 fully saturated rings. The van der Waals surface area contributed by atoms with Gasteiger partial charge in [-0.3, -0.25) is 0 Å². The molecule has 3 rings (SSSR count). The Kier molecular flexibility index (Phi) is 5.89. The Bertz CT molecular complexity index is 859. The van der Waals surface area contributed by atoms with Gasteiger partial charge >= 0.3 is 6.03 Å². The average molecular weight is 447 g/mol. The standard InChI is InChI=1S/C22H27BrN2O3/c1-22(2,3)24-21(26)25-11-10-15-12-18(27-4)19(28-5)13-17(15)20(25)14-6-8-16(23)9-7-14/h6-9,12-13,20H,10-11H2,1-5H3,(H,24,26). The van der Waals surface area contributed by atoms with Crippen LogP contribution in [0.25, 0.3) is 0 Å². The highest BCUT2D eigenvalue weighted by atomic mass is 79.9. The van der Waals surface area contributed by atoms with E-state index in [2.05, 4.69) is 33.4 Å². The number of carbonyl (C=O) groups is 1. The average Bonchev–Trinajstić information content (AvgIpc) is 2.65. The first kappa shape index (κ1) is 20.5. The van der Waals surface area contributed by atoms with Crippen molar-refractivity contribution >= 4 is 22.0 Å². The Hall–Kier alpha value is -2.21. The van der Waals surface area contributed by atoms with Crippen molar-refractivity contribution in [1.29, 1.82) is 0 Å². The molecule has 0 saturated carbocycles. The highest BCUT2D eigenvalue weighted by Crippen LogP contribution is 2.41. The monoisotopic (exact) mass is 446 g/mol. The lowest BCUT2D eigenvalue weighted by molar-refractivity contribution is 0.171. The maximum Gasteiger partial charge on any atom is 0.318 e. The summed E-state index contributed by atoms with van der Waals surface area (Å²) in [6, 6.07) is 11.9. The minimum absolute atomic E-state index is 0.0687. The van der Waals surface area contributed by atoms with E-state index in [0.717, 1.165) is 22.0 Å². The van der Waals surface area contributed by atoms with Gasteiger partial charge in [0.1, 0.15) is 0 Å². The zero-order valence-electron chi connectivity index (χ0n) is 17.0. The van der Waals surface area contributed by atoms with Gasteiger partial charge in [0.05, 0.1) is 20.3 Å². The highest BCUT2D eigenvalue weighted by molar-refractivity contribution is 9.10. The summed E-state index contributed by atoms with van der Waals surface area (Å²) in [4.78, 5) is 15.0. The molecule has 1 atom stereocenters. The molecule has 0 saturated heterocycles. The van der Waals surface area contributed by atoms with Crippen molar-refractivity contribution in [2.45, 2.75) is 38.8 Å². The van der Waals surface area contributed by atoms with E-state index in [1.54, 1.807) is 14.2 Å². The van der Waals surface area contributed by atoms with Crippen molar-refractivity contribution in [3.63, 3.8) is 0 Å². The van der Waals surface area contributed by atoms with Crippen LogP contribution in [-0.2, 0) is 6.42 Å². The fourth-order valence-corrected chi connectivity index (χ4v) is 3.83. The van der Waals surface area contributed by atoms with E-state index in [4.69, 9.17) is 9.47 Å². The summed E-state index contributed by atoms with van der Waals surface area (Å²) in [5, 5.41) is 3.10.